The van der Waals surface area contributed by atoms with Gasteiger partial charge in [0, 0.05) is 5.56 Å². The molecule has 0 saturated carbocycles. The molecular weight excluding hydrogens is 244 g/mol. The van der Waals surface area contributed by atoms with Crippen molar-refractivity contribution in [2.75, 3.05) is 7.11 Å². The molecule has 4 nitrogen and oxygen atoms in total. The largest absolute Gasteiger partial charge is 0.468 e. The second-order valence-electron chi connectivity index (χ2n) is 5.38. The Balaban J connectivity index is 2.93. The van der Waals surface area contributed by atoms with Crippen molar-refractivity contribution < 1.29 is 14.3 Å². The van der Waals surface area contributed by atoms with Gasteiger partial charge in [0.25, 0.3) is 5.95 Å². The molecule has 1 unspecified atom stereocenters. The fourth-order valence-electron chi connectivity index (χ4n) is 2.10. The van der Waals surface area contributed by atoms with Gasteiger partial charge in [-0.2, -0.15) is 0 Å². The summed E-state index contributed by atoms with van der Waals surface area (Å²) in [5, 5.41) is 10.2. The summed E-state index contributed by atoms with van der Waals surface area (Å²) in [6, 6.07) is 0. The summed E-state index contributed by atoms with van der Waals surface area (Å²) in [5.41, 5.74) is 0.787. The molecule has 4 heteroatoms. The van der Waals surface area contributed by atoms with Crippen LogP contribution in [0.15, 0.2) is 9.21 Å². The van der Waals surface area contributed by atoms with Crippen LogP contribution in [0.2, 0.25) is 0 Å². The predicted molar refractivity (Wildman–Crippen MR) is 74.7 cm³/mol. The predicted octanol–water partition coefficient (Wildman–Crippen LogP) is 3.12. The molecule has 0 aromatic carbocycles. The second-order valence-corrected chi connectivity index (χ2v) is 5.38. The third kappa shape index (κ3) is 3.83. The average molecular weight is 268 g/mol. The summed E-state index contributed by atoms with van der Waals surface area (Å²) in [6.07, 6.45) is 1.79. The molecule has 0 saturated heterocycles. The Labute approximate surface area is 114 Å². The van der Waals surface area contributed by atoms with E-state index in [1.807, 2.05) is 0 Å². The van der Waals surface area contributed by atoms with Gasteiger partial charge in [0.1, 0.15) is 11.9 Å². The molecule has 0 radical (unpaired) electrons. The maximum atomic E-state index is 12.0. The number of methoxy groups -OCH3 is 1. The summed E-state index contributed by atoms with van der Waals surface area (Å²) in [6.45, 7) is 7.63. The zero-order chi connectivity index (χ0) is 14.6. The fourth-order valence-corrected chi connectivity index (χ4v) is 2.10. The van der Waals surface area contributed by atoms with Gasteiger partial charge in [-0.05, 0) is 26.2 Å². The van der Waals surface area contributed by atoms with Crippen molar-refractivity contribution in [3.05, 3.63) is 27.1 Å². The first-order valence-corrected chi connectivity index (χ1v) is 6.74. The monoisotopic (exact) mass is 268 g/mol. The smallest absolute Gasteiger partial charge is 0.291 e. The van der Waals surface area contributed by atoms with Gasteiger partial charge in [-0.25, -0.2) is 0 Å². The van der Waals surface area contributed by atoms with Crippen molar-refractivity contribution in [2.24, 2.45) is 5.92 Å². The number of hydrogen-bond donors (Lipinski definition) is 1. The highest BCUT2D eigenvalue weighted by molar-refractivity contribution is 5.30. The Bertz CT molecular complexity index is 474. The van der Waals surface area contributed by atoms with Crippen molar-refractivity contribution >= 4 is 0 Å². The zero-order valence-corrected chi connectivity index (χ0v) is 12.4. The zero-order valence-electron chi connectivity index (χ0n) is 12.4. The molecule has 0 aliphatic carbocycles. The highest BCUT2D eigenvalue weighted by Crippen LogP contribution is 2.27. The fraction of sp³-hybridized carbons (Fsp3) is 0.667. The minimum Gasteiger partial charge on any atom is -0.468 e. The van der Waals surface area contributed by atoms with Crippen molar-refractivity contribution in [1.82, 2.24) is 0 Å². The van der Waals surface area contributed by atoms with E-state index in [-0.39, 0.29) is 11.4 Å². The topological polar surface area (TPSA) is 59.7 Å². The Morgan fingerprint density at radius 2 is 1.84 bits per heavy atom. The Kier molecular flexibility index (Phi) is 5.60. The van der Waals surface area contributed by atoms with Gasteiger partial charge in [-0.15, -0.1) is 0 Å². The molecule has 108 valence electrons. The van der Waals surface area contributed by atoms with Gasteiger partial charge < -0.3 is 14.3 Å². The van der Waals surface area contributed by atoms with Gasteiger partial charge in [-0.3, -0.25) is 4.79 Å². The molecule has 1 aromatic heterocycles. The highest BCUT2D eigenvalue weighted by Gasteiger charge is 2.20. The molecule has 0 amide bonds. The molecule has 0 spiro atoms. The van der Waals surface area contributed by atoms with Crippen LogP contribution in [-0.2, 0) is 0 Å². The molecule has 0 aliphatic heterocycles. The summed E-state index contributed by atoms with van der Waals surface area (Å²) >= 11 is 0. The lowest BCUT2D eigenvalue weighted by Gasteiger charge is -2.15. The van der Waals surface area contributed by atoms with Gasteiger partial charge >= 0.3 is 0 Å². The van der Waals surface area contributed by atoms with Crippen LogP contribution in [0.25, 0.3) is 0 Å². The van der Waals surface area contributed by atoms with E-state index in [4.69, 9.17) is 9.15 Å². The quantitative estimate of drug-likeness (QED) is 0.861. The van der Waals surface area contributed by atoms with Crippen LogP contribution in [0, 0.1) is 19.8 Å². The molecule has 1 heterocycles. The van der Waals surface area contributed by atoms with Crippen LogP contribution in [0.4, 0.5) is 0 Å². The van der Waals surface area contributed by atoms with Gasteiger partial charge in [0.2, 0.25) is 0 Å². The first-order valence-electron chi connectivity index (χ1n) is 6.74. The Morgan fingerprint density at radius 3 is 2.37 bits per heavy atom. The molecule has 0 bridgehead atoms. The molecule has 19 heavy (non-hydrogen) atoms. The van der Waals surface area contributed by atoms with Crippen molar-refractivity contribution in [3.8, 4) is 5.95 Å². The normalized spacial score (nSPS) is 12.8. The van der Waals surface area contributed by atoms with Crippen LogP contribution < -0.4 is 10.2 Å². The van der Waals surface area contributed by atoms with E-state index < -0.39 is 6.10 Å². The van der Waals surface area contributed by atoms with Crippen LogP contribution in [0.5, 0.6) is 5.95 Å². The van der Waals surface area contributed by atoms with E-state index in [1.54, 1.807) is 13.8 Å². The second kappa shape index (κ2) is 6.75. The van der Waals surface area contributed by atoms with Crippen LogP contribution in [0.1, 0.15) is 56.1 Å². The van der Waals surface area contributed by atoms with Gasteiger partial charge in [0.15, 0.2) is 5.43 Å². The molecule has 1 aromatic rings. The van der Waals surface area contributed by atoms with E-state index in [9.17, 15) is 9.90 Å². The van der Waals surface area contributed by atoms with E-state index >= 15 is 0 Å². The average Bonchev–Trinajstić information content (AvgIpc) is 2.36. The molecule has 1 atom stereocenters. The van der Waals surface area contributed by atoms with Crippen LogP contribution in [0.3, 0.4) is 0 Å². The minimum atomic E-state index is -0.749. The highest BCUT2D eigenvalue weighted by atomic mass is 16.6. The number of aliphatic hydroxyl groups is 1. The van der Waals surface area contributed by atoms with E-state index in [0.29, 0.717) is 29.2 Å². The third-order valence-electron chi connectivity index (χ3n) is 3.31. The Hall–Kier alpha value is -1.29. The lowest BCUT2D eigenvalue weighted by atomic mass is 10.0. The number of hydrogen-bond acceptors (Lipinski definition) is 4. The van der Waals surface area contributed by atoms with Crippen LogP contribution >= 0.6 is 0 Å². The molecule has 1 N–H and O–H groups in total. The maximum absolute atomic E-state index is 12.0. The first-order chi connectivity index (χ1) is 8.88. The van der Waals surface area contributed by atoms with Gasteiger partial charge in [-0.1, -0.05) is 26.7 Å². The van der Waals surface area contributed by atoms with Crippen molar-refractivity contribution in [1.29, 1.82) is 0 Å². The van der Waals surface area contributed by atoms with E-state index in [1.165, 1.54) is 7.11 Å². The minimum absolute atomic E-state index is 0.124. The third-order valence-corrected chi connectivity index (χ3v) is 3.31. The van der Waals surface area contributed by atoms with E-state index in [2.05, 4.69) is 13.8 Å². The van der Waals surface area contributed by atoms with Crippen LogP contribution in [-0.4, -0.2) is 12.2 Å². The molecule has 1 rings (SSSR count). The summed E-state index contributed by atoms with van der Waals surface area (Å²) in [7, 11) is 1.45. The van der Waals surface area contributed by atoms with E-state index in [0.717, 1.165) is 12.8 Å². The molecular formula is C15H24O4. The SMILES string of the molecule is COc1oc(C(O)CCCC(C)C)c(C)c(=O)c1C. The van der Waals surface area contributed by atoms with Crippen molar-refractivity contribution in [3.63, 3.8) is 0 Å². The summed E-state index contributed by atoms with van der Waals surface area (Å²) in [5.74, 6) is 1.12. The Morgan fingerprint density at radius 1 is 1.21 bits per heavy atom. The van der Waals surface area contributed by atoms with Crippen molar-refractivity contribution in [2.45, 2.75) is 53.1 Å². The number of aliphatic hydroxyl groups excluding tert-OH is 1. The first kappa shape index (κ1) is 15.8. The summed E-state index contributed by atoms with van der Waals surface area (Å²) < 4.78 is 10.6. The molecule has 0 fully saturated rings. The number of ether oxygens (including phenoxy) is 1. The molecule has 0 aliphatic rings. The van der Waals surface area contributed by atoms with Gasteiger partial charge in [0.05, 0.1) is 12.7 Å². The lowest BCUT2D eigenvalue weighted by Crippen LogP contribution is -2.15. The maximum Gasteiger partial charge on any atom is 0.291 e. The number of rotatable bonds is 6. The summed E-state index contributed by atoms with van der Waals surface area (Å²) in [4.78, 5) is 12.0. The lowest BCUT2D eigenvalue weighted by molar-refractivity contribution is 0.123. The standard InChI is InChI=1S/C15H24O4/c1-9(2)7-6-8-12(16)14-10(3)13(17)11(4)15(18-5)19-14/h9,12,16H,6-8H2,1-5H3.